The molecule has 0 radical (unpaired) electrons. The molecule has 1 aliphatic rings. The zero-order valence-electron chi connectivity index (χ0n) is 15.0. The molecule has 6 nitrogen and oxygen atoms in total. The maximum atomic E-state index is 12.4. The summed E-state index contributed by atoms with van der Waals surface area (Å²) >= 11 is 2.35. The number of rotatable bonds is 4. The maximum Gasteiger partial charge on any atom is 0.293 e. The van der Waals surface area contributed by atoms with Gasteiger partial charge in [0.15, 0.2) is 10.2 Å². The zero-order chi connectivity index (χ0) is 19.1. The van der Waals surface area contributed by atoms with Crippen LogP contribution in [0.15, 0.2) is 56.0 Å². The largest absolute Gasteiger partial charge is 0.450 e. The molecule has 0 aliphatic carbocycles. The van der Waals surface area contributed by atoms with Crippen LogP contribution in [0.3, 0.4) is 0 Å². The third-order valence-electron chi connectivity index (χ3n) is 4.15. The third-order valence-corrected chi connectivity index (χ3v) is 6.01. The van der Waals surface area contributed by atoms with Crippen molar-refractivity contribution in [3.8, 4) is 0 Å². The fraction of sp³-hybridized carbons (Fsp3) is 0.211. The number of imidazole rings is 1. The van der Waals surface area contributed by atoms with Crippen LogP contribution in [0, 0.1) is 0 Å². The van der Waals surface area contributed by atoms with Gasteiger partial charge in [0.25, 0.3) is 11.1 Å². The molecule has 1 aliphatic heterocycles. The minimum Gasteiger partial charge on any atom is -0.450 e. The summed E-state index contributed by atoms with van der Waals surface area (Å²) in [5.41, 5.74) is 1.98. The van der Waals surface area contributed by atoms with Gasteiger partial charge in [-0.3, -0.25) is 14.5 Å². The van der Waals surface area contributed by atoms with Gasteiger partial charge >= 0.3 is 0 Å². The number of benzene rings is 1. The van der Waals surface area contributed by atoms with Gasteiger partial charge < -0.3 is 8.98 Å². The second-order valence-electron chi connectivity index (χ2n) is 6.35. The molecule has 8 heteroatoms. The standard InChI is InChI=1S/C19H17N3O3S2/c1-11(2)22-17(23)15(26-19(22)24)10-12-8-9-16(25-12)27-18-20-13-6-4-5-7-14(13)21(18)3/h4-11H,1-3H3. The Bertz CT molecular complexity index is 1080. The predicted octanol–water partition coefficient (Wildman–Crippen LogP) is 4.76. The molecule has 0 atom stereocenters. The molecule has 0 unspecified atom stereocenters. The van der Waals surface area contributed by atoms with Gasteiger partial charge in [0.1, 0.15) is 5.76 Å². The highest BCUT2D eigenvalue weighted by atomic mass is 32.2. The van der Waals surface area contributed by atoms with Gasteiger partial charge in [0, 0.05) is 19.2 Å². The summed E-state index contributed by atoms with van der Waals surface area (Å²) in [7, 11) is 1.96. The zero-order valence-corrected chi connectivity index (χ0v) is 16.6. The lowest BCUT2D eigenvalue weighted by molar-refractivity contribution is -0.123. The minimum absolute atomic E-state index is 0.163. The van der Waals surface area contributed by atoms with Crippen LogP contribution in [0.1, 0.15) is 19.6 Å². The molecule has 138 valence electrons. The lowest BCUT2D eigenvalue weighted by Gasteiger charge is -2.16. The Labute approximate surface area is 164 Å². The van der Waals surface area contributed by atoms with Gasteiger partial charge in [-0.05, 0) is 61.6 Å². The average molecular weight is 399 g/mol. The summed E-state index contributed by atoms with van der Waals surface area (Å²) in [4.78, 5) is 30.6. The summed E-state index contributed by atoms with van der Waals surface area (Å²) in [6.45, 7) is 3.63. The molecule has 4 rings (SSSR count). The minimum atomic E-state index is -0.277. The van der Waals surface area contributed by atoms with Crippen LogP contribution >= 0.6 is 23.5 Å². The van der Waals surface area contributed by atoms with E-state index < -0.39 is 0 Å². The first-order valence-electron chi connectivity index (χ1n) is 8.40. The number of hydrogen-bond donors (Lipinski definition) is 0. The number of para-hydroxylation sites is 2. The van der Waals surface area contributed by atoms with Crippen LogP contribution in [0.25, 0.3) is 17.1 Å². The summed E-state index contributed by atoms with van der Waals surface area (Å²) in [5, 5.41) is 1.24. The van der Waals surface area contributed by atoms with Crippen LogP contribution in [-0.4, -0.2) is 31.6 Å². The number of fused-ring (bicyclic) bond motifs is 1. The van der Waals surface area contributed by atoms with E-state index in [-0.39, 0.29) is 17.2 Å². The van der Waals surface area contributed by atoms with Crippen molar-refractivity contribution >= 4 is 51.8 Å². The number of imide groups is 1. The predicted molar refractivity (Wildman–Crippen MR) is 106 cm³/mol. The summed E-state index contributed by atoms with van der Waals surface area (Å²) in [6, 6.07) is 11.4. The maximum absolute atomic E-state index is 12.4. The number of furan rings is 1. The Morgan fingerprint density at radius 3 is 2.67 bits per heavy atom. The first-order valence-corrected chi connectivity index (χ1v) is 10.0. The number of nitrogens with zero attached hydrogens (tertiary/aromatic N) is 3. The topological polar surface area (TPSA) is 68.3 Å². The van der Waals surface area contributed by atoms with E-state index in [1.54, 1.807) is 12.1 Å². The number of thioether (sulfide) groups is 1. The number of hydrogen-bond acceptors (Lipinski definition) is 6. The molecular weight excluding hydrogens is 382 g/mol. The van der Waals surface area contributed by atoms with Crippen molar-refractivity contribution in [1.29, 1.82) is 0 Å². The van der Waals surface area contributed by atoms with E-state index in [1.165, 1.54) is 16.7 Å². The average Bonchev–Trinajstić information content (AvgIpc) is 3.27. The molecule has 3 heterocycles. The smallest absolute Gasteiger partial charge is 0.293 e. The Morgan fingerprint density at radius 2 is 1.96 bits per heavy atom. The molecule has 1 aromatic carbocycles. The second-order valence-corrected chi connectivity index (χ2v) is 8.31. The van der Waals surface area contributed by atoms with Crippen LogP contribution < -0.4 is 0 Å². The first kappa shape index (κ1) is 17.9. The Morgan fingerprint density at radius 1 is 1.19 bits per heavy atom. The monoisotopic (exact) mass is 399 g/mol. The fourth-order valence-corrected chi connectivity index (χ4v) is 4.60. The quantitative estimate of drug-likeness (QED) is 0.589. The Kier molecular flexibility index (Phi) is 4.61. The SMILES string of the molecule is CC(C)N1C(=O)SC(=Cc2ccc(Sc3nc4ccccc4n3C)o2)C1=O. The molecule has 1 saturated heterocycles. The molecule has 0 N–H and O–H groups in total. The highest BCUT2D eigenvalue weighted by Gasteiger charge is 2.36. The first-order chi connectivity index (χ1) is 12.9. The molecule has 1 fully saturated rings. The van der Waals surface area contributed by atoms with Crippen molar-refractivity contribution in [3.05, 3.63) is 47.1 Å². The number of aryl methyl sites for hydroxylation is 1. The van der Waals surface area contributed by atoms with Crippen molar-refractivity contribution in [2.24, 2.45) is 7.05 Å². The summed E-state index contributed by atoms with van der Waals surface area (Å²) < 4.78 is 7.83. The molecule has 2 amide bonds. The van der Waals surface area contributed by atoms with E-state index in [4.69, 9.17) is 4.42 Å². The number of aromatic nitrogens is 2. The highest BCUT2D eigenvalue weighted by Crippen LogP contribution is 2.35. The van der Waals surface area contributed by atoms with Crippen molar-refractivity contribution in [2.45, 2.75) is 30.1 Å². The molecule has 3 aromatic rings. The number of carbonyl (C=O) groups excluding carboxylic acids is 2. The van der Waals surface area contributed by atoms with Crippen LogP contribution in [0.5, 0.6) is 0 Å². The van der Waals surface area contributed by atoms with E-state index in [1.807, 2.05) is 55.8 Å². The van der Waals surface area contributed by atoms with Gasteiger partial charge in [0.2, 0.25) is 0 Å². The lowest BCUT2D eigenvalue weighted by atomic mass is 10.3. The van der Waals surface area contributed by atoms with Gasteiger partial charge in [-0.1, -0.05) is 12.1 Å². The van der Waals surface area contributed by atoms with E-state index in [9.17, 15) is 9.59 Å². The van der Waals surface area contributed by atoms with Crippen LogP contribution in [0.4, 0.5) is 4.79 Å². The van der Waals surface area contributed by atoms with E-state index in [2.05, 4.69) is 4.98 Å². The summed E-state index contributed by atoms with van der Waals surface area (Å²) in [5.74, 6) is 0.256. The molecule has 0 spiro atoms. The van der Waals surface area contributed by atoms with Gasteiger partial charge in [-0.25, -0.2) is 4.98 Å². The Balaban J connectivity index is 1.56. The number of carbonyl (C=O) groups is 2. The molecule has 0 bridgehead atoms. The van der Waals surface area contributed by atoms with E-state index >= 15 is 0 Å². The third kappa shape index (κ3) is 3.30. The normalized spacial score (nSPS) is 16.4. The molecule has 2 aromatic heterocycles. The van der Waals surface area contributed by atoms with E-state index in [0.29, 0.717) is 15.8 Å². The Hall–Kier alpha value is -2.45. The van der Waals surface area contributed by atoms with Crippen molar-refractivity contribution in [2.75, 3.05) is 0 Å². The second kappa shape index (κ2) is 6.94. The van der Waals surface area contributed by atoms with Crippen LogP contribution in [-0.2, 0) is 11.8 Å². The number of amides is 2. The lowest BCUT2D eigenvalue weighted by Crippen LogP contribution is -2.34. The van der Waals surface area contributed by atoms with Gasteiger partial charge in [0.05, 0.1) is 15.9 Å². The van der Waals surface area contributed by atoms with E-state index in [0.717, 1.165) is 28.0 Å². The van der Waals surface area contributed by atoms with Crippen molar-refractivity contribution < 1.29 is 14.0 Å². The molecule has 27 heavy (non-hydrogen) atoms. The fourth-order valence-electron chi connectivity index (χ4n) is 2.83. The van der Waals surface area contributed by atoms with Gasteiger partial charge in [-0.15, -0.1) is 0 Å². The van der Waals surface area contributed by atoms with Gasteiger partial charge in [-0.2, -0.15) is 0 Å². The highest BCUT2D eigenvalue weighted by molar-refractivity contribution is 8.18. The van der Waals surface area contributed by atoms with Crippen molar-refractivity contribution in [1.82, 2.24) is 14.5 Å². The summed E-state index contributed by atoms with van der Waals surface area (Å²) in [6.07, 6.45) is 1.62. The van der Waals surface area contributed by atoms with Crippen molar-refractivity contribution in [3.63, 3.8) is 0 Å². The molecule has 0 saturated carbocycles. The van der Waals surface area contributed by atoms with Crippen LogP contribution in [0.2, 0.25) is 0 Å². The molecular formula is C19H17N3O3S2.